The maximum absolute atomic E-state index is 4.02. The van der Waals surface area contributed by atoms with Crippen LogP contribution >= 0.6 is 47.8 Å². The van der Waals surface area contributed by atoms with Gasteiger partial charge in [0, 0.05) is 38.9 Å². The van der Waals surface area contributed by atoms with Crippen molar-refractivity contribution in [1.29, 1.82) is 0 Å². The van der Waals surface area contributed by atoms with Gasteiger partial charge in [-0.2, -0.15) is 0 Å². The van der Waals surface area contributed by atoms with Crippen molar-refractivity contribution in [2.45, 2.75) is 13.0 Å². The number of benzene rings is 1. The van der Waals surface area contributed by atoms with Crippen molar-refractivity contribution in [2.24, 2.45) is 0 Å². The van der Waals surface area contributed by atoms with E-state index >= 15 is 0 Å². The SMILES string of the molecule is Brc1cc(Br)c(NCCCn2ccnc2)c(Br)c1. The Balaban J connectivity index is 1.87. The molecule has 1 aromatic heterocycles. The molecule has 0 unspecified atom stereocenters. The predicted molar refractivity (Wildman–Crippen MR) is 84.9 cm³/mol. The van der Waals surface area contributed by atoms with Gasteiger partial charge in [0.2, 0.25) is 0 Å². The van der Waals surface area contributed by atoms with Crippen LogP contribution in [-0.2, 0) is 6.54 Å². The second kappa shape index (κ2) is 6.73. The molecule has 0 saturated heterocycles. The monoisotopic (exact) mass is 435 g/mol. The first-order valence-electron chi connectivity index (χ1n) is 5.51. The van der Waals surface area contributed by atoms with Gasteiger partial charge in [-0.15, -0.1) is 0 Å². The molecule has 2 rings (SSSR count). The maximum atomic E-state index is 4.02. The van der Waals surface area contributed by atoms with Gasteiger partial charge >= 0.3 is 0 Å². The molecule has 0 radical (unpaired) electrons. The van der Waals surface area contributed by atoms with Crippen molar-refractivity contribution in [2.75, 3.05) is 11.9 Å². The van der Waals surface area contributed by atoms with E-state index in [4.69, 9.17) is 0 Å². The van der Waals surface area contributed by atoms with Crippen molar-refractivity contribution < 1.29 is 0 Å². The summed E-state index contributed by atoms with van der Waals surface area (Å²) in [7, 11) is 0. The van der Waals surface area contributed by atoms with E-state index in [0.717, 1.165) is 38.6 Å². The highest BCUT2D eigenvalue weighted by Crippen LogP contribution is 2.34. The zero-order chi connectivity index (χ0) is 13.0. The van der Waals surface area contributed by atoms with Crippen LogP contribution in [0.25, 0.3) is 0 Å². The summed E-state index contributed by atoms with van der Waals surface area (Å²) in [4.78, 5) is 4.02. The van der Waals surface area contributed by atoms with Crippen LogP contribution in [-0.4, -0.2) is 16.1 Å². The van der Waals surface area contributed by atoms with Gasteiger partial charge in [0.1, 0.15) is 0 Å². The van der Waals surface area contributed by atoms with Gasteiger partial charge in [-0.1, -0.05) is 15.9 Å². The van der Waals surface area contributed by atoms with Crippen LogP contribution in [0.3, 0.4) is 0 Å². The summed E-state index contributed by atoms with van der Waals surface area (Å²) in [5.41, 5.74) is 1.09. The number of nitrogens with one attached hydrogen (secondary N) is 1. The van der Waals surface area contributed by atoms with E-state index in [1.54, 1.807) is 6.20 Å². The standard InChI is InChI=1S/C12H12Br3N3/c13-9-6-10(14)12(11(15)7-9)17-2-1-4-18-5-3-16-8-18/h3,5-8,17H,1-2,4H2. The topological polar surface area (TPSA) is 29.9 Å². The molecule has 0 atom stereocenters. The van der Waals surface area contributed by atoms with Crippen LogP contribution in [0.15, 0.2) is 44.3 Å². The molecule has 3 nitrogen and oxygen atoms in total. The minimum Gasteiger partial charge on any atom is -0.383 e. The van der Waals surface area contributed by atoms with Gasteiger partial charge in [0.15, 0.2) is 0 Å². The predicted octanol–water partition coefficient (Wildman–Crippen LogP) is 4.67. The highest BCUT2D eigenvalue weighted by molar-refractivity contribution is 9.11. The van der Waals surface area contributed by atoms with Crippen LogP contribution in [0, 0.1) is 0 Å². The third kappa shape index (κ3) is 3.83. The summed E-state index contributed by atoms with van der Waals surface area (Å²) in [5, 5.41) is 3.42. The van der Waals surface area contributed by atoms with Gasteiger partial charge in [-0.3, -0.25) is 0 Å². The number of anilines is 1. The number of aryl methyl sites for hydroxylation is 1. The van der Waals surface area contributed by atoms with E-state index < -0.39 is 0 Å². The van der Waals surface area contributed by atoms with Crippen LogP contribution < -0.4 is 5.32 Å². The summed E-state index contributed by atoms with van der Waals surface area (Å²) in [5.74, 6) is 0. The average molecular weight is 438 g/mol. The van der Waals surface area contributed by atoms with Crippen molar-refractivity contribution in [3.05, 3.63) is 44.3 Å². The van der Waals surface area contributed by atoms with Crippen molar-refractivity contribution >= 4 is 53.5 Å². The Morgan fingerprint density at radius 3 is 2.50 bits per heavy atom. The Morgan fingerprint density at radius 1 is 1.17 bits per heavy atom. The Labute approximate surface area is 131 Å². The zero-order valence-corrected chi connectivity index (χ0v) is 14.3. The van der Waals surface area contributed by atoms with E-state index in [9.17, 15) is 0 Å². The second-order valence-electron chi connectivity index (χ2n) is 3.83. The van der Waals surface area contributed by atoms with Crippen molar-refractivity contribution in [3.63, 3.8) is 0 Å². The fraction of sp³-hybridized carbons (Fsp3) is 0.250. The van der Waals surface area contributed by atoms with E-state index in [2.05, 4.69) is 62.7 Å². The normalized spacial score (nSPS) is 10.6. The number of hydrogen-bond donors (Lipinski definition) is 1. The number of halogens is 3. The fourth-order valence-corrected chi connectivity index (χ4v) is 4.14. The first-order chi connectivity index (χ1) is 8.66. The molecule has 1 N–H and O–H groups in total. The highest BCUT2D eigenvalue weighted by atomic mass is 79.9. The highest BCUT2D eigenvalue weighted by Gasteiger charge is 2.05. The molecule has 0 bridgehead atoms. The van der Waals surface area contributed by atoms with Gasteiger partial charge in [0.25, 0.3) is 0 Å². The Bertz CT molecular complexity index is 488. The molecule has 0 spiro atoms. The molecule has 0 aliphatic heterocycles. The van der Waals surface area contributed by atoms with Crippen molar-refractivity contribution in [3.8, 4) is 0 Å². The summed E-state index contributed by atoms with van der Waals surface area (Å²) in [6, 6.07) is 4.06. The van der Waals surface area contributed by atoms with Gasteiger partial charge in [-0.05, 0) is 50.4 Å². The van der Waals surface area contributed by atoms with Gasteiger partial charge in [-0.25, -0.2) is 4.98 Å². The molecule has 18 heavy (non-hydrogen) atoms. The largest absolute Gasteiger partial charge is 0.383 e. The van der Waals surface area contributed by atoms with Crippen LogP contribution in [0.1, 0.15) is 6.42 Å². The second-order valence-corrected chi connectivity index (χ2v) is 6.45. The lowest BCUT2D eigenvalue weighted by Crippen LogP contribution is -2.06. The first kappa shape index (κ1) is 14.1. The number of imidazole rings is 1. The molecule has 2 aromatic rings. The summed E-state index contributed by atoms with van der Waals surface area (Å²) >= 11 is 10.6. The summed E-state index contributed by atoms with van der Waals surface area (Å²) in [6.07, 6.45) is 6.66. The molecule has 0 amide bonds. The van der Waals surface area contributed by atoms with Gasteiger partial charge < -0.3 is 9.88 Å². The molecule has 6 heteroatoms. The first-order valence-corrected chi connectivity index (χ1v) is 7.89. The molecule has 0 saturated carbocycles. The molecular formula is C12H12Br3N3. The third-order valence-electron chi connectivity index (χ3n) is 2.46. The molecule has 1 aromatic carbocycles. The Morgan fingerprint density at radius 2 is 1.89 bits per heavy atom. The zero-order valence-electron chi connectivity index (χ0n) is 9.54. The van der Waals surface area contributed by atoms with Crippen LogP contribution in [0.4, 0.5) is 5.69 Å². The van der Waals surface area contributed by atoms with Crippen molar-refractivity contribution in [1.82, 2.24) is 9.55 Å². The molecular weight excluding hydrogens is 426 g/mol. The minimum atomic E-state index is 0.914. The van der Waals surface area contributed by atoms with Crippen LogP contribution in [0.5, 0.6) is 0 Å². The molecule has 0 aliphatic carbocycles. The number of hydrogen-bond acceptors (Lipinski definition) is 2. The molecule has 0 aliphatic rings. The number of aromatic nitrogens is 2. The number of rotatable bonds is 5. The Hall–Kier alpha value is -0.330. The smallest absolute Gasteiger partial charge is 0.0945 e. The average Bonchev–Trinajstić information content (AvgIpc) is 2.79. The van der Waals surface area contributed by atoms with Gasteiger partial charge in [0.05, 0.1) is 12.0 Å². The lowest BCUT2D eigenvalue weighted by Gasteiger charge is -2.11. The molecule has 96 valence electrons. The Kier molecular flexibility index (Phi) is 5.26. The fourth-order valence-electron chi connectivity index (χ4n) is 1.61. The van der Waals surface area contributed by atoms with E-state index in [0.29, 0.717) is 0 Å². The minimum absolute atomic E-state index is 0.914. The van der Waals surface area contributed by atoms with Crippen LogP contribution in [0.2, 0.25) is 0 Å². The van der Waals surface area contributed by atoms with E-state index in [1.807, 2.05) is 24.7 Å². The lowest BCUT2D eigenvalue weighted by atomic mass is 10.3. The van der Waals surface area contributed by atoms with E-state index in [-0.39, 0.29) is 0 Å². The summed E-state index contributed by atoms with van der Waals surface area (Å²) < 4.78 is 5.22. The summed E-state index contributed by atoms with van der Waals surface area (Å²) in [6.45, 7) is 1.88. The maximum Gasteiger partial charge on any atom is 0.0945 e. The van der Waals surface area contributed by atoms with E-state index in [1.165, 1.54) is 0 Å². The molecule has 0 fully saturated rings. The quantitative estimate of drug-likeness (QED) is 0.689. The lowest BCUT2D eigenvalue weighted by molar-refractivity contribution is 0.660. The third-order valence-corrected chi connectivity index (χ3v) is 4.17. The molecule has 1 heterocycles. The number of nitrogens with zero attached hydrogens (tertiary/aromatic N) is 2.